The van der Waals surface area contributed by atoms with E-state index < -0.39 is 12.0 Å². The summed E-state index contributed by atoms with van der Waals surface area (Å²) >= 11 is 0. The number of nitrogen functional groups attached to an aromatic ring is 1. The van der Waals surface area contributed by atoms with Crippen LogP contribution >= 0.6 is 0 Å². The van der Waals surface area contributed by atoms with Gasteiger partial charge in [0.05, 0.1) is 6.10 Å². The number of amides is 2. The van der Waals surface area contributed by atoms with E-state index in [2.05, 4.69) is 0 Å². The Kier molecular flexibility index (Phi) is 6.48. The lowest BCUT2D eigenvalue weighted by molar-refractivity contribution is -0.147. The smallest absolute Gasteiger partial charge is 0.329 e. The van der Waals surface area contributed by atoms with Crippen molar-refractivity contribution < 1.29 is 24.2 Å². The molecule has 9 nitrogen and oxygen atoms in total. The van der Waals surface area contributed by atoms with Crippen molar-refractivity contribution in [1.29, 1.82) is 5.41 Å². The van der Waals surface area contributed by atoms with Crippen LogP contribution < -0.4 is 5.73 Å². The number of nitrogens with one attached hydrogen (secondary N) is 1. The van der Waals surface area contributed by atoms with Gasteiger partial charge in [0.1, 0.15) is 18.5 Å². The Bertz CT molecular complexity index is 787. The first-order chi connectivity index (χ1) is 13.9. The molecule has 156 valence electrons. The number of likely N-dealkylation sites (tertiary alicyclic amines) is 2. The molecule has 2 heterocycles. The van der Waals surface area contributed by atoms with Crippen molar-refractivity contribution in [3.63, 3.8) is 0 Å². The van der Waals surface area contributed by atoms with Crippen LogP contribution in [0.5, 0.6) is 0 Å². The molecule has 2 amide bonds. The number of rotatable bonds is 6. The van der Waals surface area contributed by atoms with Gasteiger partial charge in [-0.05, 0) is 37.8 Å². The molecule has 2 aliphatic rings. The number of ether oxygens (including phenoxy) is 1. The molecule has 4 N–H and O–H groups in total. The van der Waals surface area contributed by atoms with Crippen molar-refractivity contribution in [3.8, 4) is 0 Å². The topological polar surface area (TPSA) is 137 Å². The highest BCUT2D eigenvalue weighted by Crippen LogP contribution is 2.24. The fourth-order valence-corrected chi connectivity index (χ4v) is 3.87. The van der Waals surface area contributed by atoms with Crippen LogP contribution in [0.2, 0.25) is 0 Å². The minimum Gasteiger partial charge on any atom is -0.480 e. The fraction of sp³-hybridized carbons (Fsp3) is 0.500. The van der Waals surface area contributed by atoms with Gasteiger partial charge in [-0.25, -0.2) is 4.79 Å². The van der Waals surface area contributed by atoms with Gasteiger partial charge in [-0.3, -0.25) is 15.0 Å². The molecule has 1 aromatic rings. The molecule has 0 unspecified atom stereocenters. The highest BCUT2D eigenvalue weighted by Gasteiger charge is 2.38. The van der Waals surface area contributed by atoms with Gasteiger partial charge in [0.2, 0.25) is 5.91 Å². The maximum absolute atomic E-state index is 13.0. The van der Waals surface area contributed by atoms with Gasteiger partial charge in [0, 0.05) is 30.8 Å². The summed E-state index contributed by atoms with van der Waals surface area (Å²) in [5.41, 5.74) is 6.46. The number of aliphatic carboxylic acids is 1. The number of carbonyl (C=O) groups is 3. The van der Waals surface area contributed by atoms with Crippen LogP contribution in [0.15, 0.2) is 24.3 Å². The summed E-state index contributed by atoms with van der Waals surface area (Å²) < 4.78 is 5.32. The number of benzene rings is 1. The van der Waals surface area contributed by atoms with Gasteiger partial charge in [0.25, 0.3) is 5.91 Å². The van der Waals surface area contributed by atoms with Crippen LogP contribution in [0.3, 0.4) is 0 Å². The second kappa shape index (κ2) is 9.04. The van der Waals surface area contributed by atoms with Crippen molar-refractivity contribution in [3.05, 3.63) is 35.4 Å². The van der Waals surface area contributed by atoms with Crippen molar-refractivity contribution in [2.75, 3.05) is 26.2 Å². The minimum atomic E-state index is -1.00. The Morgan fingerprint density at radius 1 is 1.07 bits per heavy atom. The van der Waals surface area contributed by atoms with Crippen LogP contribution in [0.1, 0.15) is 41.6 Å². The zero-order valence-electron chi connectivity index (χ0n) is 16.2. The standard InChI is InChI=1S/C20H26N4O5/c21-18(22)13-3-5-14(6-4-13)19(27)24-9-1-2-16(24)20(28)23-10-7-15(8-11-23)29-12-17(25)26/h3-6,15-16H,1-2,7-12H2,(H3,21,22)(H,25,26)/t16-/m0/s1. The summed E-state index contributed by atoms with van der Waals surface area (Å²) in [5.74, 6) is -1.32. The number of nitrogens with zero attached hydrogens (tertiary/aromatic N) is 2. The third-order valence-electron chi connectivity index (χ3n) is 5.44. The first-order valence-corrected chi connectivity index (χ1v) is 9.74. The van der Waals surface area contributed by atoms with Crippen LogP contribution in [0.4, 0.5) is 0 Å². The molecule has 0 saturated carbocycles. The molecule has 0 radical (unpaired) electrons. The van der Waals surface area contributed by atoms with E-state index >= 15 is 0 Å². The number of carbonyl (C=O) groups excluding carboxylic acids is 2. The highest BCUT2D eigenvalue weighted by molar-refractivity contribution is 6.00. The van der Waals surface area contributed by atoms with Crippen molar-refractivity contribution in [2.45, 2.75) is 37.8 Å². The van der Waals surface area contributed by atoms with Crippen molar-refractivity contribution >= 4 is 23.6 Å². The first kappa shape index (κ1) is 20.8. The molecule has 2 saturated heterocycles. The van der Waals surface area contributed by atoms with E-state index in [-0.39, 0.29) is 30.4 Å². The predicted molar refractivity (Wildman–Crippen MR) is 105 cm³/mol. The molecule has 0 spiro atoms. The number of piperidine rings is 1. The molecule has 0 aromatic heterocycles. The third kappa shape index (κ3) is 4.92. The maximum Gasteiger partial charge on any atom is 0.329 e. The lowest BCUT2D eigenvalue weighted by Gasteiger charge is -2.35. The van der Waals surface area contributed by atoms with Gasteiger partial charge >= 0.3 is 5.97 Å². The Morgan fingerprint density at radius 2 is 1.69 bits per heavy atom. The second-order valence-electron chi connectivity index (χ2n) is 7.38. The van der Waals surface area contributed by atoms with E-state index in [0.29, 0.717) is 50.0 Å². The number of nitrogens with two attached hydrogens (primary N) is 1. The number of carboxylic acids is 1. The largest absolute Gasteiger partial charge is 0.480 e. The lowest BCUT2D eigenvalue weighted by atomic mass is 10.1. The van der Waals surface area contributed by atoms with E-state index in [0.717, 1.165) is 6.42 Å². The summed E-state index contributed by atoms with van der Waals surface area (Å²) in [6.45, 7) is 1.19. The summed E-state index contributed by atoms with van der Waals surface area (Å²) in [4.78, 5) is 39.9. The maximum atomic E-state index is 13.0. The summed E-state index contributed by atoms with van der Waals surface area (Å²) in [5, 5.41) is 16.1. The van der Waals surface area contributed by atoms with E-state index in [9.17, 15) is 14.4 Å². The fourth-order valence-electron chi connectivity index (χ4n) is 3.87. The molecule has 9 heteroatoms. The normalized spacial score (nSPS) is 19.9. The Morgan fingerprint density at radius 3 is 2.28 bits per heavy atom. The van der Waals surface area contributed by atoms with Crippen LogP contribution in [0, 0.1) is 5.41 Å². The Labute approximate surface area is 168 Å². The molecular weight excluding hydrogens is 376 g/mol. The molecule has 1 aromatic carbocycles. The van der Waals surface area contributed by atoms with Crippen LogP contribution in [0.25, 0.3) is 0 Å². The quantitative estimate of drug-likeness (QED) is 0.472. The number of hydrogen-bond donors (Lipinski definition) is 3. The van der Waals surface area contributed by atoms with Gasteiger partial charge in [-0.2, -0.15) is 0 Å². The van der Waals surface area contributed by atoms with E-state index in [1.54, 1.807) is 34.1 Å². The molecule has 0 aliphatic carbocycles. The zero-order valence-corrected chi connectivity index (χ0v) is 16.2. The molecule has 1 atom stereocenters. The molecule has 29 heavy (non-hydrogen) atoms. The first-order valence-electron chi connectivity index (χ1n) is 9.74. The number of amidine groups is 1. The zero-order chi connectivity index (χ0) is 21.0. The molecule has 0 bridgehead atoms. The Balaban J connectivity index is 1.60. The summed E-state index contributed by atoms with van der Waals surface area (Å²) in [7, 11) is 0. The average molecular weight is 402 g/mol. The molecular formula is C20H26N4O5. The van der Waals surface area contributed by atoms with Crippen molar-refractivity contribution in [2.24, 2.45) is 5.73 Å². The Hall–Kier alpha value is -2.94. The lowest BCUT2D eigenvalue weighted by Crippen LogP contribution is -2.50. The van der Waals surface area contributed by atoms with E-state index in [1.165, 1.54) is 0 Å². The van der Waals surface area contributed by atoms with E-state index in [1.807, 2.05) is 0 Å². The van der Waals surface area contributed by atoms with Crippen LogP contribution in [-0.4, -0.2) is 76.9 Å². The van der Waals surface area contributed by atoms with Gasteiger partial charge in [-0.15, -0.1) is 0 Å². The van der Waals surface area contributed by atoms with Crippen LogP contribution in [-0.2, 0) is 14.3 Å². The molecule has 3 rings (SSSR count). The molecule has 2 aliphatic heterocycles. The van der Waals surface area contributed by atoms with Crippen molar-refractivity contribution in [1.82, 2.24) is 9.80 Å². The van der Waals surface area contributed by atoms with Gasteiger partial charge in [0.15, 0.2) is 0 Å². The summed E-state index contributed by atoms with van der Waals surface area (Å²) in [6.07, 6.45) is 2.42. The minimum absolute atomic E-state index is 0.0611. The summed E-state index contributed by atoms with van der Waals surface area (Å²) in [6, 6.07) is 6.04. The van der Waals surface area contributed by atoms with Gasteiger partial charge in [-0.1, -0.05) is 12.1 Å². The van der Waals surface area contributed by atoms with E-state index in [4.69, 9.17) is 21.0 Å². The number of carboxylic acid groups (broad SMARTS) is 1. The average Bonchev–Trinajstić information content (AvgIpc) is 3.21. The second-order valence-corrected chi connectivity index (χ2v) is 7.38. The highest BCUT2D eigenvalue weighted by atomic mass is 16.5. The number of hydrogen-bond acceptors (Lipinski definition) is 5. The third-order valence-corrected chi connectivity index (χ3v) is 5.44. The SMILES string of the molecule is N=C(N)c1ccc(C(=O)N2CCC[C@H]2C(=O)N2CCC(OCC(=O)O)CC2)cc1. The predicted octanol–water partition coefficient (Wildman–Crippen LogP) is 0.667. The monoisotopic (exact) mass is 402 g/mol. The van der Waals surface area contributed by atoms with Gasteiger partial charge < -0.3 is 25.4 Å². The molecule has 2 fully saturated rings.